The van der Waals surface area contributed by atoms with Crippen molar-refractivity contribution in [3.05, 3.63) is 36.5 Å². The molecule has 1 heterocycles. The van der Waals surface area contributed by atoms with Gasteiger partial charge >= 0.3 is 5.97 Å². The Balaban J connectivity index is 2.58. The minimum absolute atomic E-state index is 0.129. The molecule has 1 aliphatic rings. The van der Waals surface area contributed by atoms with Gasteiger partial charge in [0, 0.05) is 6.42 Å². The molecule has 0 aromatic heterocycles. The molecular formula is C69H129NO10. The summed E-state index contributed by atoms with van der Waals surface area (Å²) in [5, 5.41) is 57.1. The molecule has 0 aromatic carbocycles. The lowest BCUT2D eigenvalue weighted by atomic mass is 9.99. The summed E-state index contributed by atoms with van der Waals surface area (Å²) in [6.45, 7) is 5.80. The van der Waals surface area contributed by atoms with Crippen LogP contribution in [0.4, 0.5) is 0 Å². The topological polar surface area (TPSA) is 175 Å². The summed E-state index contributed by atoms with van der Waals surface area (Å²) in [5.41, 5.74) is 0. The average molecular weight is 1130 g/mol. The fraction of sp³-hybridized carbons (Fsp3) is 0.884. The number of amides is 1. The van der Waals surface area contributed by atoms with Crippen LogP contribution in [0.3, 0.4) is 0 Å². The van der Waals surface area contributed by atoms with Gasteiger partial charge in [0.05, 0.1) is 25.4 Å². The highest BCUT2D eigenvalue weighted by Crippen LogP contribution is 2.26. The molecule has 0 aliphatic carbocycles. The summed E-state index contributed by atoms with van der Waals surface area (Å²) < 4.78 is 17.7. The molecule has 8 atom stereocenters. The quantitative estimate of drug-likeness (QED) is 0.0195. The Hall–Kier alpha value is -2.12. The summed E-state index contributed by atoms with van der Waals surface area (Å²) >= 11 is 0. The maximum Gasteiger partial charge on any atom is 0.306 e. The number of unbranched alkanes of at least 4 members (excludes halogenated alkanes) is 41. The van der Waals surface area contributed by atoms with E-state index in [0.29, 0.717) is 19.3 Å². The van der Waals surface area contributed by atoms with Gasteiger partial charge < -0.3 is 45.1 Å². The molecule has 6 N–H and O–H groups in total. The van der Waals surface area contributed by atoms with Crippen molar-refractivity contribution in [2.75, 3.05) is 13.2 Å². The summed E-state index contributed by atoms with van der Waals surface area (Å²) in [4.78, 5) is 26.6. The zero-order valence-electron chi connectivity index (χ0n) is 52.2. The molecular weight excluding hydrogens is 1000 g/mol. The van der Waals surface area contributed by atoms with Gasteiger partial charge in [-0.3, -0.25) is 9.59 Å². The molecule has 8 unspecified atom stereocenters. The lowest BCUT2D eigenvalue weighted by molar-refractivity contribution is -0.305. The summed E-state index contributed by atoms with van der Waals surface area (Å²) in [7, 11) is 0. The minimum atomic E-state index is -1.61. The molecule has 1 amide bonds. The van der Waals surface area contributed by atoms with Crippen molar-refractivity contribution in [2.45, 2.75) is 378 Å². The van der Waals surface area contributed by atoms with Crippen LogP contribution in [0.5, 0.6) is 0 Å². The Kier molecular flexibility index (Phi) is 54.4. The molecule has 1 fully saturated rings. The fourth-order valence-electron chi connectivity index (χ4n) is 10.9. The van der Waals surface area contributed by atoms with Gasteiger partial charge in [-0.15, -0.1) is 0 Å². The van der Waals surface area contributed by atoms with Crippen molar-refractivity contribution in [3.8, 4) is 0 Å². The molecule has 0 spiro atoms. The van der Waals surface area contributed by atoms with E-state index in [0.717, 1.165) is 64.2 Å². The first-order valence-corrected chi connectivity index (χ1v) is 34.3. The van der Waals surface area contributed by atoms with Gasteiger partial charge in [-0.05, 0) is 57.8 Å². The van der Waals surface area contributed by atoms with Crippen LogP contribution in [0, 0.1) is 0 Å². The molecule has 470 valence electrons. The molecule has 0 aromatic rings. The molecule has 1 saturated heterocycles. The number of allylic oxidation sites excluding steroid dienone is 5. The third-order valence-electron chi connectivity index (χ3n) is 16.3. The Labute approximate surface area is 492 Å². The van der Waals surface area contributed by atoms with Crippen LogP contribution in [0.2, 0.25) is 0 Å². The van der Waals surface area contributed by atoms with E-state index in [1.54, 1.807) is 6.08 Å². The number of hydrogen-bond donors (Lipinski definition) is 6. The van der Waals surface area contributed by atoms with E-state index < -0.39 is 67.4 Å². The van der Waals surface area contributed by atoms with E-state index in [1.165, 1.54) is 218 Å². The van der Waals surface area contributed by atoms with E-state index in [9.17, 15) is 35.1 Å². The van der Waals surface area contributed by atoms with E-state index in [-0.39, 0.29) is 13.0 Å². The number of esters is 1. The first kappa shape index (κ1) is 75.9. The number of aliphatic hydroxyl groups is 5. The number of carbonyl (C=O) groups is 2. The zero-order chi connectivity index (χ0) is 58.2. The number of nitrogens with one attached hydrogen (secondary N) is 1. The molecule has 0 saturated carbocycles. The maximum atomic E-state index is 13.5. The Morgan fingerprint density at radius 3 is 1.30 bits per heavy atom. The predicted octanol–water partition coefficient (Wildman–Crippen LogP) is 17.0. The number of aliphatic hydroxyl groups excluding tert-OH is 5. The van der Waals surface area contributed by atoms with Crippen LogP contribution in [0.15, 0.2) is 36.5 Å². The van der Waals surface area contributed by atoms with Gasteiger partial charge in [-0.1, -0.05) is 301 Å². The van der Waals surface area contributed by atoms with Crippen molar-refractivity contribution in [1.82, 2.24) is 5.32 Å². The molecule has 11 heteroatoms. The van der Waals surface area contributed by atoms with E-state index in [2.05, 4.69) is 50.4 Å². The summed E-state index contributed by atoms with van der Waals surface area (Å²) in [6.07, 6.45) is 59.0. The van der Waals surface area contributed by atoms with Crippen molar-refractivity contribution >= 4 is 11.9 Å². The second-order valence-corrected chi connectivity index (χ2v) is 23.9. The lowest BCUT2D eigenvalue weighted by Gasteiger charge is -2.41. The second-order valence-electron chi connectivity index (χ2n) is 23.9. The van der Waals surface area contributed by atoms with Gasteiger partial charge in [-0.2, -0.15) is 0 Å². The molecule has 80 heavy (non-hydrogen) atoms. The van der Waals surface area contributed by atoms with Crippen molar-refractivity contribution in [2.24, 2.45) is 0 Å². The smallest absolute Gasteiger partial charge is 0.306 e. The number of carbonyl (C=O) groups excluding carboxylic acids is 2. The van der Waals surface area contributed by atoms with Crippen molar-refractivity contribution in [1.29, 1.82) is 0 Å². The SMILES string of the molecule is CCCCC/C=C\C/C=C\CCCCCCCCCCCCCCCCC(O)C(=O)NC(COC1OC(CO)C(O)C(O)C1OC(=O)CCCCCCCCCCCCCCCCC)C(O)/C=C/CCCCCCCCCCCC. The monoisotopic (exact) mass is 1130 g/mol. The Morgan fingerprint density at radius 1 is 0.487 bits per heavy atom. The molecule has 0 radical (unpaired) electrons. The molecule has 1 aliphatic heterocycles. The highest BCUT2D eigenvalue weighted by molar-refractivity contribution is 5.80. The van der Waals surface area contributed by atoms with Gasteiger partial charge in [0.15, 0.2) is 12.4 Å². The molecule has 11 nitrogen and oxygen atoms in total. The predicted molar refractivity (Wildman–Crippen MR) is 334 cm³/mol. The standard InChI is InChI=1S/C69H129NO10/c1-4-7-10-13-16-19-22-25-27-28-29-30-31-32-33-34-35-37-38-41-44-47-50-53-56-62(73)68(77)70-60(61(72)55-52-49-46-43-40-24-21-18-15-12-9-6-3)59-78-69-67(66(76)65(75)63(58-71)79-69)80-64(74)57-54-51-48-45-42-39-36-26-23-20-17-14-11-8-5-2/h16,19,25,27,52,55,60-63,65-67,69,71-73,75-76H,4-15,17-18,20-24,26,28-51,53-54,56-59H2,1-3H3,(H,70,77)/b19-16-,27-25-,55-52+. The summed E-state index contributed by atoms with van der Waals surface area (Å²) in [6, 6.07) is -1.02. The van der Waals surface area contributed by atoms with Crippen LogP contribution >= 0.6 is 0 Å². The van der Waals surface area contributed by atoms with Crippen LogP contribution in [0.1, 0.15) is 329 Å². The van der Waals surface area contributed by atoms with E-state index in [4.69, 9.17) is 14.2 Å². The molecule has 1 rings (SSSR count). The highest BCUT2D eigenvalue weighted by Gasteiger charge is 2.47. The molecule has 0 bridgehead atoms. The third-order valence-corrected chi connectivity index (χ3v) is 16.3. The second kappa shape index (κ2) is 57.3. The van der Waals surface area contributed by atoms with Gasteiger partial charge in [-0.25, -0.2) is 0 Å². The van der Waals surface area contributed by atoms with Crippen molar-refractivity contribution < 1.29 is 49.3 Å². The Bertz CT molecular complexity index is 1440. The number of ether oxygens (including phenoxy) is 3. The van der Waals surface area contributed by atoms with Crippen LogP contribution in [-0.2, 0) is 23.8 Å². The van der Waals surface area contributed by atoms with Gasteiger partial charge in [0.25, 0.3) is 0 Å². The first-order valence-electron chi connectivity index (χ1n) is 34.3. The first-order chi connectivity index (χ1) is 39.2. The summed E-state index contributed by atoms with van der Waals surface area (Å²) in [5.74, 6) is -1.18. The average Bonchev–Trinajstić information content (AvgIpc) is 3.46. The fourth-order valence-corrected chi connectivity index (χ4v) is 10.9. The van der Waals surface area contributed by atoms with Gasteiger partial charge in [0.1, 0.15) is 24.4 Å². The maximum absolute atomic E-state index is 13.5. The van der Waals surface area contributed by atoms with Crippen LogP contribution in [-0.4, -0.2) is 99.6 Å². The van der Waals surface area contributed by atoms with E-state index in [1.807, 2.05) is 6.08 Å². The normalized spacial score (nSPS) is 18.9. The number of hydrogen-bond acceptors (Lipinski definition) is 10. The third kappa shape index (κ3) is 44.4. The van der Waals surface area contributed by atoms with Crippen LogP contribution in [0.25, 0.3) is 0 Å². The van der Waals surface area contributed by atoms with Crippen molar-refractivity contribution in [3.63, 3.8) is 0 Å². The lowest BCUT2D eigenvalue weighted by Crippen LogP contribution is -2.61. The van der Waals surface area contributed by atoms with Crippen LogP contribution < -0.4 is 5.32 Å². The highest BCUT2D eigenvalue weighted by atomic mass is 16.7. The van der Waals surface area contributed by atoms with Gasteiger partial charge in [0.2, 0.25) is 5.91 Å². The Morgan fingerprint density at radius 2 is 0.863 bits per heavy atom. The largest absolute Gasteiger partial charge is 0.454 e. The van der Waals surface area contributed by atoms with E-state index >= 15 is 0 Å². The zero-order valence-corrected chi connectivity index (χ0v) is 52.2. The number of rotatable bonds is 59. The minimum Gasteiger partial charge on any atom is -0.454 e.